The lowest BCUT2D eigenvalue weighted by molar-refractivity contribution is -0.136. The van der Waals surface area contributed by atoms with Crippen LogP contribution >= 0.6 is 0 Å². The largest absolute Gasteiger partial charge is 0.480 e. The molecule has 5 heteroatoms. The van der Waals surface area contributed by atoms with E-state index in [0.29, 0.717) is 13.2 Å². The minimum absolute atomic E-state index is 0.0292. The number of rotatable bonds is 8. The molecule has 0 fully saturated rings. The highest BCUT2D eigenvalue weighted by atomic mass is 16.5. The Bertz CT molecular complexity index is 141. The first-order chi connectivity index (χ1) is 6.20. The van der Waals surface area contributed by atoms with E-state index in [4.69, 9.17) is 15.6 Å². The van der Waals surface area contributed by atoms with E-state index in [1.165, 1.54) is 0 Å². The molecular formula is C8H18N2O3. The molecule has 0 aliphatic carbocycles. The van der Waals surface area contributed by atoms with Gasteiger partial charge in [0.2, 0.25) is 0 Å². The molecule has 0 saturated carbocycles. The summed E-state index contributed by atoms with van der Waals surface area (Å²) in [5.41, 5.74) is 5.34. The molecule has 0 aromatic rings. The summed E-state index contributed by atoms with van der Waals surface area (Å²) in [5.74, 6) is -0.853. The first kappa shape index (κ1) is 12.3. The van der Waals surface area contributed by atoms with Crippen LogP contribution in [0.15, 0.2) is 0 Å². The molecule has 0 bridgehead atoms. The highest BCUT2D eigenvalue weighted by molar-refractivity contribution is 5.69. The summed E-state index contributed by atoms with van der Waals surface area (Å²) < 4.78 is 4.94. The molecule has 5 nitrogen and oxygen atoms in total. The SMILES string of the molecule is COCC(CCCN)NCC(=O)O. The van der Waals surface area contributed by atoms with E-state index in [0.717, 1.165) is 12.8 Å². The molecule has 78 valence electrons. The van der Waals surface area contributed by atoms with Gasteiger partial charge in [-0.3, -0.25) is 4.79 Å². The number of carboxylic acids is 1. The molecule has 0 radical (unpaired) electrons. The van der Waals surface area contributed by atoms with Crippen LogP contribution in [0.5, 0.6) is 0 Å². The van der Waals surface area contributed by atoms with Crippen LogP contribution in [0.2, 0.25) is 0 Å². The van der Waals surface area contributed by atoms with E-state index >= 15 is 0 Å². The van der Waals surface area contributed by atoms with Crippen LogP contribution in [0.25, 0.3) is 0 Å². The zero-order chi connectivity index (χ0) is 10.1. The van der Waals surface area contributed by atoms with E-state index in [9.17, 15) is 4.79 Å². The van der Waals surface area contributed by atoms with E-state index < -0.39 is 5.97 Å². The third-order valence-corrected chi connectivity index (χ3v) is 1.67. The smallest absolute Gasteiger partial charge is 0.317 e. The predicted molar refractivity (Wildman–Crippen MR) is 49.6 cm³/mol. The Kier molecular flexibility index (Phi) is 7.57. The van der Waals surface area contributed by atoms with Crippen molar-refractivity contribution in [1.82, 2.24) is 5.32 Å². The summed E-state index contributed by atoms with van der Waals surface area (Å²) in [6.45, 7) is 1.11. The summed E-state index contributed by atoms with van der Waals surface area (Å²) in [7, 11) is 1.60. The van der Waals surface area contributed by atoms with Crippen LogP contribution in [0.3, 0.4) is 0 Å². The molecule has 0 spiro atoms. The molecule has 4 N–H and O–H groups in total. The number of aliphatic carboxylic acids is 1. The van der Waals surface area contributed by atoms with Crippen molar-refractivity contribution < 1.29 is 14.6 Å². The van der Waals surface area contributed by atoms with Crippen molar-refractivity contribution in [3.63, 3.8) is 0 Å². The Morgan fingerprint density at radius 1 is 1.69 bits per heavy atom. The fraction of sp³-hybridized carbons (Fsp3) is 0.875. The number of carboxylic acid groups (broad SMARTS) is 1. The first-order valence-electron chi connectivity index (χ1n) is 4.35. The second-order valence-corrected chi connectivity index (χ2v) is 2.86. The van der Waals surface area contributed by atoms with Gasteiger partial charge < -0.3 is 20.9 Å². The number of hydrogen-bond acceptors (Lipinski definition) is 4. The summed E-state index contributed by atoms with van der Waals surface area (Å²) in [6.07, 6.45) is 1.72. The highest BCUT2D eigenvalue weighted by Crippen LogP contribution is 1.96. The Hall–Kier alpha value is -0.650. The fourth-order valence-electron chi connectivity index (χ4n) is 1.04. The average Bonchev–Trinajstić information content (AvgIpc) is 2.09. The fourth-order valence-corrected chi connectivity index (χ4v) is 1.04. The maximum Gasteiger partial charge on any atom is 0.317 e. The maximum atomic E-state index is 10.3. The molecule has 1 unspecified atom stereocenters. The molecule has 0 aliphatic rings. The van der Waals surface area contributed by atoms with Gasteiger partial charge in [-0.2, -0.15) is 0 Å². The molecule has 0 heterocycles. The van der Waals surface area contributed by atoms with Crippen molar-refractivity contribution >= 4 is 5.97 Å². The normalized spacial score (nSPS) is 12.8. The molecule has 0 aliphatic heterocycles. The summed E-state index contributed by atoms with van der Waals surface area (Å²) in [5, 5.41) is 11.3. The van der Waals surface area contributed by atoms with Gasteiger partial charge in [0.25, 0.3) is 0 Å². The van der Waals surface area contributed by atoms with Gasteiger partial charge in [0, 0.05) is 13.2 Å². The average molecular weight is 190 g/mol. The van der Waals surface area contributed by atoms with Gasteiger partial charge in [-0.15, -0.1) is 0 Å². The van der Waals surface area contributed by atoms with Crippen molar-refractivity contribution in [3.8, 4) is 0 Å². The lowest BCUT2D eigenvalue weighted by atomic mass is 10.1. The Balaban J connectivity index is 3.59. The van der Waals surface area contributed by atoms with Gasteiger partial charge >= 0.3 is 5.97 Å². The van der Waals surface area contributed by atoms with Gasteiger partial charge in [0.1, 0.15) is 0 Å². The molecule has 13 heavy (non-hydrogen) atoms. The maximum absolute atomic E-state index is 10.3. The number of methoxy groups -OCH3 is 1. The van der Waals surface area contributed by atoms with Gasteiger partial charge in [0.15, 0.2) is 0 Å². The lowest BCUT2D eigenvalue weighted by Gasteiger charge is -2.15. The Labute approximate surface area is 78.3 Å². The van der Waals surface area contributed by atoms with Crippen LogP contribution in [-0.2, 0) is 9.53 Å². The third kappa shape index (κ3) is 7.70. The second-order valence-electron chi connectivity index (χ2n) is 2.86. The minimum atomic E-state index is -0.853. The van der Waals surface area contributed by atoms with E-state index in [1.54, 1.807) is 7.11 Å². The van der Waals surface area contributed by atoms with Gasteiger partial charge in [-0.05, 0) is 19.4 Å². The standard InChI is InChI=1S/C8H18N2O3/c1-13-6-7(3-2-4-9)10-5-8(11)12/h7,10H,2-6,9H2,1H3,(H,11,12). The number of ether oxygens (including phenoxy) is 1. The summed E-state index contributed by atoms with van der Waals surface area (Å²) in [4.78, 5) is 10.3. The van der Waals surface area contributed by atoms with E-state index in [1.807, 2.05) is 0 Å². The van der Waals surface area contributed by atoms with Crippen molar-refractivity contribution in [1.29, 1.82) is 0 Å². The van der Waals surface area contributed by atoms with E-state index in [-0.39, 0.29) is 12.6 Å². The van der Waals surface area contributed by atoms with Gasteiger partial charge in [-0.1, -0.05) is 0 Å². The zero-order valence-electron chi connectivity index (χ0n) is 7.95. The summed E-state index contributed by atoms with van der Waals surface area (Å²) in [6, 6.07) is 0.0876. The quantitative estimate of drug-likeness (QED) is 0.476. The first-order valence-corrected chi connectivity index (χ1v) is 4.35. The monoisotopic (exact) mass is 190 g/mol. The summed E-state index contributed by atoms with van der Waals surface area (Å²) >= 11 is 0. The zero-order valence-corrected chi connectivity index (χ0v) is 7.95. The Morgan fingerprint density at radius 2 is 2.38 bits per heavy atom. The van der Waals surface area contributed by atoms with Crippen molar-refractivity contribution in [2.24, 2.45) is 5.73 Å². The number of nitrogens with two attached hydrogens (primary N) is 1. The molecular weight excluding hydrogens is 172 g/mol. The van der Waals surface area contributed by atoms with Crippen LogP contribution in [0.1, 0.15) is 12.8 Å². The lowest BCUT2D eigenvalue weighted by Crippen LogP contribution is -2.37. The van der Waals surface area contributed by atoms with Crippen molar-refractivity contribution in [2.45, 2.75) is 18.9 Å². The van der Waals surface area contributed by atoms with Gasteiger partial charge in [0.05, 0.1) is 13.2 Å². The predicted octanol–water partition coefficient (Wildman–Crippen LogP) is -0.585. The van der Waals surface area contributed by atoms with E-state index in [2.05, 4.69) is 5.32 Å². The van der Waals surface area contributed by atoms with Crippen LogP contribution < -0.4 is 11.1 Å². The number of hydrogen-bond donors (Lipinski definition) is 3. The minimum Gasteiger partial charge on any atom is -0.480 e. The van der Waals surface area contributed by atoms with Crippen molar-refractivity contribution in [3.05, 3.63) is 0 Å². The number of nitrogens with one attached hydrogen (secondary N) is 1. The highest BCUT2D eigenvalue weighted by Gasteiger charge is 2.08. The van der Waals surface area contributed by atoms with Crippen LogP contribution in [0.4, 0.5) is 0 Å². The molecule has 0 amide bonds. The van der Waals surface area contributed by atoms with Crippen LogP contribution in [-0.4, -0.2) is 43.9 Å². The second kappa shape index (κ2) is 7.97. The molecule has 0 saturated heterocycles. The third-order valence-electron chi connectivity index (χ3n) is 1.67. The van der Waals surface area contributed by atoms with Gasteiger partial charge in [-0.25, -0.2) is 0 Å². The molecule has 0 aromatic carbocycles. The molecule has 0 rings (SSSR count). The van der Waals surface area contributed by atoms with Crippen molar-refractivity contribution in [2.75, 3.05) is 26.8 Å². The van der Waals surface area contributed by atoms with Crippen LogP contribution in [0, 0.1) is 0 Å². The Morgan fingerprint density at radius 3 is 2.85 bits per heavy atom. The topological polar surface area (TPSA) is 84.6 Å². The molecule has 0 aromatic heterocycles. The number of carbonyl (C=O) groups is 1. The molecule has 1 atom stereocenters.